The third kappa shape index (κ3) is 6.92. The van der Waals surface area contributed by atoms with Gasteiger partial charge >= 0.3 is 37.9 Å². The van der Waals surface area contributed by atoms with Gasteiger partial charge in [0, 0.05) is 0 Å². The second kappa shape index (κ2) is 15.8. The van der Waals surface area contributed by atoms with Gasteiger partial charge in [-0.15, -0.1) is 6.58 Å². The zero-order valence-corrected chi connectivity index (χ0v) is 32.0. The average molecular weight is 695 g/mol. The Kier molecular flexibility index (Phi) is 13.9. The summed E-state index contributed by atoms with van der Waals surface area (Å²) < 4.78 is 0. The Morgan fingerprint density at radius 2 is 1.22 bits per heavy atom. The van der Waals surface area contributed by atoms with Crippen molar-refractivity contribution < 1.29 is 20.8 Å². The summed E-state index contributed by atoms with van der Waals surface area (Å²) in [6.07, 6.45) is 22.0. The van der Waals surface area contributed by atoms with E-state index in [4.69, 9.17) is 17.0 Å². The first-order chi connectivity index (χ1) is 18.9. The number of fused-ring (bicyclic) bond motifs is 4. The Bertz CT molecular complexity index is 914. The van der Waals surface area contributed by atoms with E-state index in [0.29, 0.717) is 5.41 Å². The van der Waals surface area contributed by atoms with Crippen LogP contribution >= 0.6 is 17.0 Å². The maximum absolute atomic E-state index is 4.93. The van der Waals surface area contributed by atoms with Crippen LogP contribution in [0.25, 0.3) is 0 Å². The van der Waals surface area contributed by atoms with Crippen LogP contribution in [0.1, 0.15) is 96.0 Å². The SMILES string of the molecule is C=CC[Si](C)(C)C1CC(C(C)(c2ccccc2)C2C3CCCCC3C3CCCCC32)C2CCCCC21.[CH3-].[CH3-].[Cl][Zr+2][Cl]. The van der Waals surface area contributed by atoms with Gasteiger partial charge in [0.25, 0.3) is 0 Å². The van der Waals surface area contributed by atoms with Gasteiger partial charge in [0.1, 0.15) is 0 Å². The normalized spacial score (nSPS) is 37.2. The summed E-state index contributed by atoms with van der Waals surface area (Å²) >= 11 is -0.826. The zero-order valence-electron chi connectivity index (χ0n) is 27.0. The van der Waals surface area contributed by atoms with Crippen LogP contribution in [0.2, 0.25) is 24.7 Å². The molecule has 0 radical (unpaired) electrons. The maximum atomic E-state index is 4.93. The molecule has 6 rings (SSSR count). The first-order valence-electron chi connectivity index (χ1n) is 16.5. The summed E-state index contributed by atoms with van der Waals surface area (Å²) in [5.74, 6) is 7.86. The minimum absolute atomic E-state index is 0. The monoisotopic (exact) mass is 692 g/mol. The Labute approximate surface area is 275 Å². The van der Waals surface area contributed by atoms with Crippen LogP contribution in [0.5, 0.6) is 0 Å². The molecule has 1 aromatic carbocycles. The van der Waals surface area contributed by atoms with Crippen LogP contribution in [0.15, 0.2) is 43.0 Å². The van der Waals surface area contributed by atoms with Gasteiger partial charge in [-0.05, 0) is 108 Å². The van der Waals surface area contributed by atoms with Gasteiger partial charge in [0.15, 0.2) is 0 Å². The van der Waals surface area contributed by atoms with Crippen LogP contribution in [-0.4, -0.2) is 8.07 Å². The molecule has 0 aliphatic heterocycles. The summed E-state index contributed by atoms with van der Waals surface area (Å²) in [6.45, 7) is 12.5. The van der Waals surface area contributed by atoms with Gasteiger partial charge in [-0.3, -0.25) is 0 Å². The van der Waals surface area contributed by atoms with Gasteiger partial charge in [0.2, 0.25) is 0 Å². The number of hydrogen-bond acceptors (Lipinski definition) is 0. The molecule has 9 atom stereocenters. The molecule has 0 N–H and O–H groups in total. The fourth-order valence-electron chi connectivity index (χ4n) is 11.9. The molecule has 0 spiro atoms. The number of rotatable bonds is 6. The number of benzene rings is 1. The number of hydrogen-bond donors (Lipinski definition) is 0. The molecule has 0 aromatic heterocycles. The molecule has 5 aliphatic carbocycles. The molecule has 4 heteroatoms. The molecule has 5 saturated carbocycles. The molecule has 9 unspecified atom stereocenters. The van der Waals surface area contributed by atoms with E-state index in [2.05, 4.69) is 63.0 Å². The molecule has 0 heterocycles. The summed E-state index contributed by atoms with van der Waals surface area (Å²) in [7, 11) is 8.54. The van der Waals surface area contributed by atoms with Crippen molar-refractivity contribution in [3.05, 3.63) is 63.4 Å². The van der Waals surface area contributed by atoms with Gasteiger partial charge in [-0.2, -0.15) is 0 Å². The number of allylic oxidation sites excluding steroid dienone is 1. The Morgan fingerprint density at radius 3 is 1.71 bits per heavy atom. The van der Waals surface area contributed by atoms with Crippen molar-refractivity contribution in [2.24, 2.45) is 47.3 Å². The van der Waals surface area contributed by atoms with Crippen molar-refractivity contribution in [1.82, 2.24) is 0 Å². The van der Waals surface area contributed by atoms with Gasteiger partial charge in [0.05, 0.1) is 8.07 Å². The first-order valence-corrected chi connectivity index (χ1v) is 26.1. The quantitative estimate of drug-likeness (QED) is 0.158. The summed E-state index contributed by atoms with van der Waals surface area (Å²) in [6, 6.07) is 13.5. The van der Waals surface area contributed by atoms with E-state index in [1.54, 1.807) is 18.4 Å². The van der Waals surface area contributed by atoms with Crippen LogP contribution < -0.4 is 0 Å². The standard InChI is InChI=1S/C35H54Si.2CH3.2ClH.Zr/c1-5-23-36(3,4)33-24-32(28-19-11-12-20-29(28)33)35(2,25-15-7-6-8-16-25)34-30-21-13-9-17-26(30)27-18-10-14-22-31(27)34;;;;;/h5-8,15-16,26-34H,1,9-14,17-24H2,2-4H3;2*1H3;2*1H;/q;2*-1;;;+4/p-2. The second-order valence-corrected chi connectivity index (χ2v) is 23.9. The Balaban J connectivity index is 0.000000887. The predicted octanol–water partition coefficient (Wildman–Crippen LogP) is 12.6. The topological polar surface area (TPSA) is 0 Å². The van der Waals surface area contributed by atoms with Gasteiger partial charge < -0.3 is 14.9 Å². The molecule has 0 bridgehead atoms. The van der Waals surface area contributed by atoms with E-state index in [1.165, 1.54) is 76.7 Å². The molecule has 0 nitrogen and oxygen atoms in total. The van der Waals surface area contributed by atoms with E-state index >= 15 is 0 Å². The fraction of sp³-hybridized carbons (Fsp3) is 0.730. The molecule has 0 amide bonds. The van der Waals surface area contributed by atoms with E-state index in [1.807, 2.05) is 0 Å². The van der Waals surface area contributed by atoms with Crippen molar-refractivity contribution in [3.63, 3.8) is 0 Å². The minimum atomic E-state index is -1.33. The van der Waals surface area contributed by atoms with Crippen LogP contribution in [0, 0.1) is 62.2 Å². The van der Waals surface area contributed by atoms with Crippen LogP contribution in [0.3, 0.4) is 0 Å². The van der Waals surface area contributed by atoms with Crippen molar-refractivity contribution in [1.29, 1.82) is 0 Å². The summed E-state index contributed by atoms with van der Waals surface area (Å²) in [4.78, 5) is 0. The summed E-state index contributed by atoms with van der Waals surface area (Å²) in [5, 5.41) is 0. The molecule has 0 saturated heterocycles. The summed E-state index contributed by atoms with van der Waals surface area (Å²) in [5.41, 5.74) is 3.08. The molecule has 5 fully saturated rings. The molecular formula is C37H60Cl2SiZr. The van der Waals surface area contributed by atoms with Crippen LogP contribution in [-0.2, 0) is 26.3 Å². The molecule has 1 aromatic rings. The van der Waals surface area contributed by atoms with E-state index in [9.17, 15) is 0 Å². The zero-order chi connectivity index (χ0) is 27.6. The van der Waals surface area contributed by atoms with Crippen LogP contribution in [0.4, 0.5) is 0 Å². The molecule has 41 heavy (non-hydrogen) atoms. The first kappa shape index (κ1) is 36.1. The van der Waals surface area contributed by atoms with Crippen molar-refractivity contribution in [2.75, 3.05) is 0 Å². The third-order valence-corrected chi connectivity index (χ3v) is 17.2. The average Bonchev–Trinajstić information content (AvgIpc) is 3.52. The Morgan fingerprint density at radius 1 is 0.780 bits per heavy atom. The molecule has 5 aliphatic rings. The van der Waals surface area contributed by atoms with Gasteiger partial charge in [-0.1, -0.05) is 101 Å². The van der Waals surface area contributed by atoms with Crippen molar-refractivity contribution in [2.45, 2.75) is 120 Å². The van der Waals surface area contributed by atoms with Gasteiger partial charge in [-0.25, -0.2) is 0 Å². The number of halogens is 2. The van der Waals surface area contributed by atoms with E-state index in [-0.39, 0.29) is 14.9 Å². The fourth-order valence-corrected chi connectivity index (χ4v) is 15.4. The van der Waals surface area contributed by atoms with Crippen molar-refractivity contribution in [3.8, 4) is 0 Å². The Hall–Kier alpha value is 0.640. The second-order valence-electron chi connectivity index (χ2n) is 15.0. The molecule has 230 valence electrons. The van der Waals surface area contributed by atoms with Crippen molar-refractivity contribution >= 4 is 25.1 Å². The molecular weight excluding hydrogens is 635 g/mol. The van der Waals surface area contributed by atoms with E-state index < -0.39 is 28.9 Å². The third-order valence-electron chi connectivity index (χ3n) is 13.2. The van der Waals surface area contributed by atoms with E-state index in [0.717, 1.165) is 52.9 Å². The predicted molar refractivity (Wildman–Crippen MR) is 183 cm³/mol.